The topological polar surface area (TPSA) is 84.5 Å². The third-order valence-electron chi connectivity index (χ3n) is 3.88. The number of hydrogen-bond donors (Lipinski definition) is 1. The van der Waals surface area contributed by atoms with Gasteiger partial charge in [-0.1, -0.05) is 15.9 Å². The summed E-state index contributed by atoms with van der Waals surface area (Å²) in [7, 11) is 0. The van der Waals surface area contributed by atoms with Crippen LogP contribution in [0.3, 0.4) is 0 Å². The van der Waals surface area contributed by atoms with E-state index in [1.807, 2.05) is 37.5 Å². The molecule has 0 aliphatic rings. The molecule has 0 aliphatic heterocycles. The molecular weight excluding hydrogens is 412 g/mol. The first-order valence-corrected chi connectivity index (χ1v) is 9.67. The maximum absolute atomic E-state index is 11.8. The predicted octanol–water partition coefficient (Wildman–Crippen LogP) is 3.90. The third kappa shape index (κ3) is 5.80. The van der Waals surface area contributed by atoms with Crippen LogP contribution in [0.2, 0.25) is 0 Å². The van der Waals surface area contributed by atoms with Crippen LogP contribution in [0.15, 0.2) is 22.7 Å². The number of nitrogens with zero attached hydrogens (tertiary/aromatic N) is 2. The van der Waals surface area contributed by atoms with Crippen molar-refractivity contribution in [2.45, 2.75) is 59.0 Å². The first-order valence-electron chi connectivity index (χ1n) is 8.88. The standard InChI is InChI=1S/C20H25BrN2O4/c1-5-26-17(24)7-6-16-10-13-8-15(21)9-14(11-22)19(13)23(16)12-18(25)27-20(2,3)4/h8-10,18,25H,5-7,12H2,1-4H3. The molecule has 27 heavy (non-hydrogen) atoms. The molecule has 1 aromatic heterocycles. The van der Waals surface area contributed by atoms with E-state index in [2.05, 4.69) is 22.0 Å². The summed E-state index contributed by atoms with van der Waals surface area (Å²) in [6.07, 6.45) is -0.376. The van der Waals surface area contributed by atoms with E-state index in [9.17, 15) is 15.2 Å². The summed E-state index contributed by atoms with van der Waals surface area (Å²) in [6, 6.07) is 7.80. The fraction of sp³-hybridized carbons (Fsp3) is 0.500. The molecule has 0 saturated carbocycles. The summed E-state index contributed by atoms with van der Waals surface area (Å²) >= 11 is 3.42. The number of ether oxygens (including phenoxy) is 2. The number of halogens is 1. The lowest BCUT2D eigenvalue weighted by Crippen LogP contribution is -2.30. The maximum atomic E-state index is 11.8. The van der Waals surface area contributed by atoms with Crippen molar-refractivity contribution >= 4 is 32.8 Å². The number of aliphatic hydroxyl groups is 1. The van der Waals surface area contributed by atoms with E-state index >= 15 is 0 Å². The minimum Gasteiger partial charge on any atom is -0.466 e. The molecular formula is C20H25BrN2O4. The summed E-state index contributed by atoms with van der Waals surface area (Å²) in [6.45, 7) is 7.86. The Bertz CT molecular complexity index is 861. The van der Waals surface area contributed by atoms with Gasteiger partial charge in [0.2, 0.25) is 0 Å². The summed E-state index contributed by atoms with van der Waals surface area (Å²) < 4.78 is 13.3. The van der Waals surface area contributed by atoms with Crippen molar-refractivity contribution in [3.63, 3.8) is 0 Å². The van der Waals surface area contributed by atoms with Gasteiger partial charge in [0.05, 0.1) is 36.3 Å². The van der Waals surface area contributed by atoms with Crippen molar-refractivity contribution in [1.29, 1.82) is 5.26 Å². The highest BCUT2D eigenvalue weighted by molar-refractivity contribution is 9.10. The van der Waals surface area contributed by atoms with Crippen LogP contribution >= 0.6 is 15.9 Å². The fourth-order valence-electron chi connectivity index (χ4n) is 3.00. The average molecular weight is 437 g/mol. The number of aliphatic hydroxyl groups excluding tert-OH is 1. The van der Waals surface area contributed by atoms with Crippen molar-refractivity contribution in [2.75, 3.05) is 6.61 Å². The highest BCUT2D eigenvalue weighted by Gasteiger charge is 2.21. The van der Waals surface area contributed by atoms with Gasteiger partial charge in [-0.2, -0.15) is 5.26 Å². The summed E-state index contributed by atoms with van der Waals surface area (Å²) in [5, 5.41) is 20.8. The van der Waals surface area contributed by atoms with E-state index in [4.69, 9.17) is 9.47 Å². The number of benzene rings is 1. The van der Waals surface area contributed by atoms with Crippen LogP contribution in [0.5, 0.6) is 0 Å². The van der Waals surface area contributed by atoms with Crippen molar-refractivity contribution in [3.05, 3.63) is 33.9 Å². The molecule has 0 saturated heterocycles. The van der Waals surface area contributed by atoms with Gasteiger partial charge in [-0.15, -0.1) is 0 Å². The number of esters is 1. The number of rotatable bonds is 7. The van der Waals surface area contributed by atoms with Crippen molar-refractivity contribution in [2.24, 2.45) is 0 Å². The van der Waals surface area contributed by atoms with Crippen molar-refractivity contribution in [1.82, 2.24) is 4.57 Å². The smallest absolute Gasteiger partial charge is 0.306 e. The molecule has 2 aromatic rings. The molecule has 0 amide bonds. The zero-order chi connectivity index (χ0) is 20.2. The van der Waals surface area contributed by atoms with E-state index in [0.29, 0.717) is 18.6 Å². The van der Waals surface area contributed by atoms with Crippen molar-refractivity contribution in [3.8, 4) is 6.07 Å². The van der Waals surface area contributed by atoms with Gasteiger partial charge in [0.25, 0.3) is 0 Å². The van der Waals surface area contributed by atoms with Gasteiger partial charge in [-0.25, -0.2) is 0 Å². The predicted molar refractivity (Wildman–Crippen MR) is 106 cm³/mol. The first kappa shape index (κ1) is 21.4. The average Bonchev–Trinajstić information content (AvgIpc) is 2.88. The Balaban J connectivity index is 2.43. The normalized spacial score (nSPS) is 12.8. The lowest BCUT2D eigenvalue weighted by atomic mass is 10.1. The van der Waals surface area contributed by atoms with Crippen LogP contribution in [0.25, 0.3) is 10.9 Å². The summed E-state index contributed by atoms with van der Waals surface area (Å²) in [5.74, 6) is -0.275. The molecule has 7 heteroatoms. The molecule has 2 rings (SSSR count). The second kappa shape index (κ2) is 8.87. The molecule has 0 radical (unpaired) electrons. The van der Waals surface area contributed by atoms with Gasteiger partial charge in [0.1, 0.15) is 6.07 Å². The Hall–Kier alpha value is -1.88. The lowest BCUT2D eigenvalue weighted by Gasteiger charge is -2.25. The monoisotopic (exact) mass is 436 g/mol. The number of hydrogen-bond acceptors (Lipinski definition) is 5. The van der Waals surface area contributed by atoms with Crippen LogP contribution in [0, 0.1) is 11.3 Å². The van der Waals surface area contributed by atoms with Gasteiger partial charge < -0.3 is 19.1 Å². The molecule has 1 unspecified atom stereocenters. The number of nitriles is 1. The molecule has 1 N–H and O–H groups in total. The zero-order valence-electron chi connectivity index (χ0n) is 16.1. The minimum absolute atomic E-state index is 0.162. The van der Waals surface area contributed by atoms with E-state index in [0.717, 1.165) is 21.1 Å². The molecule has 1 aromatic carbocycles. The van der Waals surface area contributed by atoms with Crippen LogP contribution in [0.1, 0.15) is 45.4 Å². The van der Waals surface area contributed by atoms with E-state index in [-0.39, 0.29) is 18.9 Å². The molecule has 146 valence electrons. The largest absolute Gasteiger partial charge is 0.466 e. The fourth-order valence-corrected chi connectivity index (χ4v) is 3.47. The molecule has 6 nitrogen and oxygen atoms in total. The van der Waals surface area contributed by atoms with Crippen LogP contribution in [-0.2, 0) is 27.2 Å². The number of carbonyl (C=O) groups excluding carboxylic acids is 1. The Morgan fingerprint density at radius 2 is 2.07 bits per heavy atom. The van der Waals surface area contributed by atoms with Gasteiger partial charge in [-0.3, -0.25) is 4.79 Å². The van der Waals surface area contributed by atoms with Crippen LogP contribution < -0.4 is 0 Å². The van der Waals surface area contributed by atoms with Gasteiger partial charge in [0.15, 0.2) is 6.29 Å². The van der Waals surface area contributed by atoms with Gasteiger partial charge in [0, 0.05) is 15.6 Å². The molecule has 1 heterocycles. The van der Waals surface area contributed by atoms with E-state index in [1.54, 1.807) is 13.0 Å². The first-order chi connectivity index (χ1) is 12.6. The maximum Gasteiger partial charge on any atom is 0.306 e. The van der Waals surface area contributed by atoms with Crippen LogP contribution in [-0.4, -0.2) is 34.1 Å². The Morgan fingerprint density at radius 3 is 2.67 bits per heavy atom. The van der Waals surface area contributed by atoms with Gasteiger partial charge in [-0.05, 0) is 52.3 Å². The lowest BCUT2D eigenvalue weighted by molar-refractivity contribution is -0.171. The highest BCUT2D eigenvalue weighted by atomic mass is 79.9. The van der Waals surface area contributed by atoms with Gasteiger partial charge >= 0.3 is 5.97 Å². The SMILES string of the molecule is CCOC(=O)CCc1cc2cc(Br)cc(C#N)c2n1CC(O)OC(C)(C)C. The van der Waals surface area contributed by atoms with Crippen LogP contribution in [0.4, 0.5) is 0 Å². The number of aromatic nitrogens is 1. The quantitative estimate of drug-likeness (QED) is 0.525. The second-order valence-corrected chi connectivity index (χ2v) is 8.15. The number of fused-ring (bicyclic) bond motifs is 1. The Kier molecular flexibility index (Phi) is 7.04. The molecule has 0 aliphatic carbocycles. The number of aryl methyl sites for hydroxylation is 1. The molecule has 1 atom stereocenters. The third-order valence-corrected chi connectivity index (χ3v) is 4.34. The zero-order valence-corrected chi connectivity index (χ0v) is 17.7. The van der Waals surface area contributed by atoms with E-state index in [1.165, 1.54) is 0 Å². The number of carbonyl (C=O) groups is 1. The summed E-state index contributed by atoms with van der Waals surface area (Å²) in [5.41, 5.74) is 1.54. The van der Waals surface area contributed by atoms with E-state index < -0.39 is 11.9 Å². The molecule has 0 bridgehead atoms. The molecule has 0 fully saturated rings. The summed E-state index contributed by atoms with van der Waals surface area (Å²) in [4.78, 5) is 11.8. The molecule has 0 spiro atoms. The minimum atomic E-state index is -1.04. The Morgan fingerprint density at radius 1 is 1.37 bits per heavy atom. The second-order valence-electron chi connectivity index (χ2n) is 7.24. The highest BCUT2D eigenvalue weighted by Crippen LogP contribution is 2.29. The van der Waals surface area contributed by atoms with Crippen molar-refractivity contribution < 1.29 is 19.4 Å². The Labute approximate surface area is 167 Å².